The lowest BCUT2D eigenvalue weighted by molar-refractivity contribution is -0.149. The quantitative estimate of drug-likeness (QED) is 0.485. The molecule has 0 spiro atoms. The first-order valence-electron chi connectivity index (χ1n) is 11.0. The maximum Gasteiger partial charge on any atom is 0.415 e. The first-order chi connectivity index (χ1) is 15.4. The highest BCUT2D eigenvalue weighted by atomic mass is 16.6. The van der Waals surface area contributed by atoms with Gasteiger partial charge < -0.3 is 24.2 Å². The van der Waals surface area contributed by atoms with Crippen LogP contribution in [0.5, 0.6) is 11.5 Å². The van der Waals surface area contributed by atoms with Gasteiger partial charge in [0.1, 0.15) is 18.1 Å². The smallest absolute Gasteiger partial charge is 0.415 e. The van der Waals surface area contributed by atoms with Crippen LogP contribution in [0.25, 0.3) is 0 Å². The van der Waals surface area contributed by atoms with Gasteiger partial charge in [-0.05, 0) is 49.1 Å². The summed E-state index contributed by atoms with van der Waals surface area (Å²) in [6, 6.07) is 16.2. The van der Waals surface area contributed by atoms with E-state index in [-0.39, 0.29) is 6.42 Å². The number of carboxylic acid groups (broad SMARTS) is 1. The average molecular weight is 444 g/mol. The van der Waals surface area contributed by atoms with Crippen LogP contribution in [-0.2, 0) is 16.0 Å². The molecule has 32 heavy (non-hydrogen) atoms. The Balaban J connectivity index is 1.89. The van der Waals surface area contributed by atoms with Gasteiger partial charge in [0.15, 0.2) is 6.10 Å². The van der Waals surface area contributed by atoms with Crippen molar-refractivity contribution in [2.45, 2.75) is 39.7 Å². The first kappa shape index (κ1) is 25.2. The predicted octanol–water partition coefficient (Wildman–Crippen LogP) is 4.64. The predicted molar refractivity (Wildman–Crippen MR) is 122 cm³/mol. The van der Waals surface area contributed by atoms with E-state index in [1.807, 2.05) is 30.3 Å². The van der Waals surface area contributed by atoms with Crippen molar-refractivity contribution in [1.29, 1.82) is 0 Å². The van der Waals surface area contributed by atoms with Crippen LogP contribution in [0.2, 0.25) is 0 Å². The summed E-state index contributed by atoms with van der Waals surface area (Å²) in [5.74, 6) is 0.644. The molecule has 1 N–H and O–H groups in total. The third-order valence-electron chi connectivity index (χ3n) is 4.80. The molecule has 7 heteroatoms. The number of amides is 1. The van der Waals surface area contributed by atoms with Crippen molar-refractivity contribution >= 4 is 12.1 Å². The number of carbonyl (C=O) groups is 2. The second-order valence-corrected chi connectivity index (χ2v) is 7.83. The zero-order chi connectivity index (χ0) is 23.3. The minimum Gasteiger partial charge on any atom is -0.492 e. The Kier molecular flexibility index (Phi) is 10.5. The molecule has 0 aliphatic rings. The molecular weight excluding hydrogens is 410 g/mol. The lowest BCUT2D eigenvalue weighted by Crippen LogP contribution is -2.38. The third kappa shape index (κ3) is 8.98. The van der Waals surface area contributed by atoms with Crippen LogP contribution in [0.3, 0.4) is 0 Å². The Morgan fingerprint density at radius 1 is 0.969 bits per heavy atom. The molecule has 0 radical (unpaired) electrons. The van der Waals surface area contributed by atoms with Gasteiger partial charge in [-0.3, -0.25) is 0 Å². The van der Waals surface area contributed by atoms with Gasteiger partial charge >= 0.3 is 12.1 Å². The fraction of sp³-hybridized carbons (Fsp3) is 0.440. The van der Waals surface area contributed by atoms with Crippen molar-refractivity contribution < 1.29 is 28.9 Å². The molecule has 2 aromatic rings. The SMILES string of the molecule is CCOC(Cc1ccc(OCCN(CCC(C)C)C(=O)Oc2ccccc2)cc1)C(=O)O. The van der Waals surface area contributed by atoms with E-state index in [1.165, 1.54) is 0 Å². The van der Waals surface area contributed by atoms with Crippen molar-refractivity contribution in [2.75, 3.05) is 26.3 Å². The van der Waals surface area contributed by atoms with Crippen LogP contribution < -0.4 is 9.47 Å². The zero-order valence-corrected chi connectivity index (χ0v) is 19.0. The molecule has 1 amide bonds. The van der Waals surface area contributed by atoms with E-state index >= 15 is 0 Å². The van der Waals surface area contributed by atoms with Gasteiger partial charge in [0.25, 0.3) is 0 Å². The van der Waals surface area contributed by atoms with Crippen molar-refractivity contribution in [1.82, 2.24) is 4.90 Å². The number of carbonyl (C=O) groups excluding carboxylic acids is 1. The monoisotopic (exact) mass is 443 g/mol. The highest BCUT2D eigenvalue weighted by Gasteiger charge is 2.18. The lowest BCUT2D eigenvalue weighted by Gasteiger charge is -2.23. The van der Waals surface area contributed by atoms with Gasteiger partial charge in [-0.15, -0.1) is 0 Å². The number of ether oxygens (including phenoxy) is 3. The summed E-state index contributed by atoms with van der Waals surface area (Å²) in [4.78, 5) is 25.5. The zero-order valence-electron chi connectivity index (χ0n) is 19.0. The minimum atomic E-state index is -0.976. The first-order valence-corrected chi connectivity index (χ1v) is 11.0. The van der Waals surface area contributed by atoms with E-state index in [1.54, 1.807) is 36.1 Å². The molecule has 174 valence electrons. The average Bonchev–Trinajstić information content (AvgIpc) is 2.77. The molecule has 0 aliphatic heterocycles. The Morgan fingerprint density at radius 3 is 2.25 bits per heavy atom. The fourth-order valence-electron chi connectivity index (χ4n) is 2.99. The maximum absolute atomic E-state index is 12.6. The van der Waals surface area contributed by atoms with Crippen LogP contribution in [0.4, 0.5) is 4.79 Å². The van der Waals surface area contributed by atoms with Gasteiger partial charge in [-0.25, -0.2) is 9.59 Å². The second kappa shape index (κ2) is 13.4. The molecule has 0 fully saturated rings. The maximum atomic E-state index is 12.6. The third-order valence-corrected chi connectivity index (χ3v) is 4.80. The van der Waals surface area contributed by atoms with E-state index in [4.69, 9.17) is 14.2 Å². The summed E-state index contributed by atoms with van der Waals surface area (Å²) in [6.45, 7) is 7.63. The van der Waals surface area contributed by atoms with Gasteiger partial charge in [0.2, 0.25) is 0 Å². The standard InChI is InChI=1S/C25H33NO6/c1-4-30-23(24(27)28)18-20-10-12-21(13-11-20)31-17-16-26(15-14-19(2)3)25(29)32-22-8-6-5-7-9-22/h5-13,19,23H,4,14-18H2,1-3H3,(H,27,28). The van der Waals surface area contributed by atoms with Gasteiger partial charge in [0, 0.05) is 19.6 Å². The number of hydrogen-bond acceptors (Lipinski definition) is 5. The Bertz CT molecular complexity index is 822. The molecule has 0 saturated carbocycles. The number of aliphatic carboxylic acids is 1. The molecule has 0 bridgehead atoms. The summed E-state index contributed by atoms with van der Waals surface area (Å²) in [5, 5.41) is 9.21. The number of nitrogens with zero attached hydrogens (tertiary/aromatic N) is 1. The Hall–Kier alpha value is -3.06. The van der Waals surface area contributed by atoms with E-state index in [9.17, 15) is 14.7 Å². The number of rotatable bonds is 13. The van der Waals surface area contributed by atoms with E-state index in [0.29, 0.717) is 43.7 Å². The Morgan fingerprint density at radius 2 is 1.66 bits per heavy atom. The molecular formula is C25H33NO6. The molecule has 0 aliphatic carbocycles. The molecule has 0 aromatic heterocycles. The molecule has 1 unspecified atom stereocenters. The molecule has 0 heterocycles. The topological polar surface area (TPSA) is 85.3 Å². The molecule has 0 saturated heterocycles. The number of carboxylic acids is 1. The van der Waals surface area contributed by atoms with Crippen LogP contribution in [0.1, 0.15) is 32.8 Å². The van der Waals surface area contributed by atoms with Crippen LogP contribution in [0, 0.1) is 5.92 Å². The molecule has 7 nitrogen and oxygen atoms in total. The number of benzene rings is 2. The van der Waals surface area contributed by atoms with E-state index < -0.39 is 18.2 Å². The molecule has 2 rings (SSSR count). The van der Waals surface area contributed by atoms with Gasteiger partial charge in [-0.2, -0.15) is 0 Å². The van der Waals surface area contributed by atoms with Crippen molar-refractivity contribution in [3.8, 4) is 11.5 Å². The summed E-state index contributed by atoms with van der Waals surface area (Å²) in [7, 11) is 0. The lowest BCUT2D eigenvalue weighted by atomic mass is 10.1. The molecule has 1 atom stereocenters. The Labute approximate surface area is 189 Å². The van der Waals surface area contributed by atoms with Crippen molar-refractivity contribution in [2.24, 2.45) is 5.92 Å². The fourth-order valence-corrected chi connectivity index (χ4v) is 2.99. The van der Waals surface area contributed by atoms with Crippen molar-refractivity contribution in [3.63, 3.8) is 0 Å². The van der Waals surface area contributed by atoms with Crippen LogP contribution >= 0.6 is 0 Å². The normalized spacial score (nSPS) is 11.8. The van der Waals surface area contributed by atoms with Crippen molar-refractivity contribution in [3.05, 3.63) is 60.2 Å². The van der Waals surface area contributed by atoms with Crippen LogP contribution in [-0.4, -0.2) is 54.5 Å². The summed E-state index contributed by atoms with van der Waals surface area (Å²) >= 11 is 0. The number of para-hydroxylation sites is 1. The van der Waals surface area contributed by atoms with Crippen LogP contribution in [0.15, 0.2) is 54.6 Å². The second-order valence-electron chi connectivity index (χ2n) is 7.83. The summed E-state index contributed by atoms with van der Waals surface area (Å²) in [6.07, 6.45) is -0.107. The van der Waals surface area contributed by atoms with E-state index in [2.05, 4.69) is 13.8 Å². The largest absolute Gasteiger partial charge is 0.492 e. The highest BCUT2D eigenvalue weighted by molar-refractivity contribution is 5.72. The highest BCUT2D eigenvalue weighted by Crippen LogP contribution is 2.16. The molecule has 2 aromatic carbocycles. The van der Waals surface area contributed by atoms with E-state index in [0.717, 1.165) is 12.0 Å². The number of hydrogen-bond donors (Lipinski definition) is 1. The summed E-state index contributed by atoms with van der Waals surface area (Å²) < 4.78 is 16.5. The summed E-state index contributed by atoms with van der Waals surface area (Å²) in [5.41, 5.74) is 0.850. The van der Waals surface area contributed by atoms with Gasteiger partial charge in [0.05, 0.1) is 6.54 Å². The minimum absolute atomic E-state index is 0.289. The van der Waals surface area contributed by atoms with Gasteiger partial charge in [-0.1, -0.05) is 44.2 Å².